The average molecular weight is 448 g/mol. The molecule has 0 spiro atoms. The lowest BCUT2D eigenvalue weighted by molar-refractivity contribution is -0.118. The molecule has 3 N–H and O–H groups in total. The molecule has 33 heavy (non-hydrogen) atoms. The number of aromatic nitrogens is 1. The second-order valence-corrected chi connectivity index (χ2v) is 9.53. The van der Waals surface area contributed by atoms with Gasteiger partial charge in [-0.2, -0.15) is 0 Å². The Bertz CT molecular complexity index is 1210. The molecule has 0 unspecified atom stereocenters. The van der Waals surface area contributed by atoms with Crippen LogP contribution in [-0.4, -0.2) is 28.9 Å². The highest BCUT2D eigenvalue weighted by molar-refractivity contribution is 6.09. The third-order valence-corrected chi connectivity index (χ3v) is 6.18. The summed E-state index contributed by atoms with van der Waals surface area (Å²) in [7, 11) is 1.47. The van der Waals surface area contributed by atoms with Gasteiger partial charge >= 0.3 is 0 Å². The minimum atomic E-state index is -0.593. The second kappa shape index (κ2) is 8.39. The molecule has 0 bridgehead atoms. The molecule has 0 saturated heterocycles. The Kier molecular flexibility index (Phi) is 5.74. The smallest absolute Gasteiger partial charge is 0.255 e. The van der Waals surface area contributed by atoms with Crippen molar-refractivity contribution in [3.05, 3.63) is 70.2 Å². The number of phenols is 1. The number of amides is 1. The Morgan fingerprint density at radius 2 is 1.97 bits per heavy atom. The van der Waals surface area contributed by atoms with Crippen LogP contribution in [0, 0.1) is 12.3 Å². The van der Waals surface area contributed by atoms with E-state index in [2.05, 4.69) is 29.5 Å². The largest absolute Gasteiger partial charge is 0.504 e. The Hall–Kier alpha value is -3.61. The lowest BCUT2D eigenvalue weighted by atomic mass is 9.68. The number of ether oxygens (including phenoxy) is 1. The molecule has 7 heteroatoms. The van der Waals surface area contributed by atoms with Crippen LogP contribution in [0.3, 0.4) is 0 Å². The van der Waals surface area contributed by atoms with Gasteiger partial charge in [0.1, 0.15) is 5.82 Å². The van der Waals surface area contributed by atoms with Crippen molar-refractivity contribution in [2.24, 2.45) is 5.41 Å². The molecule has 2 heterocycles. The molecule has 1 aromatic heterocycles. The van der Waals surface area contributed by atoms with E-state index < -0.39 is 5.92 Å². The number of hydrogen-bond donors (Lipinski definition) is 3. The summed E-state index contributed by atoms with van der Waals surface area (Å²) in [5.74, 6) is -0.190. The number of pyridine rings is 1. The van der Waals surface area contributed by atoms with Gasteiger partial charge in [0.2, 0.25) is 0 Å². The van der Waals surface area contributed by atoms with E-state index in [9.17, 15) is 14.7 Å². The van der Waals surface area contributed by atoms with Gasteiger partial charge in [0.15, 0.2) is 17.3 Å². The fourth-order valence-corrected chi connectivity index (χ4v) is 4.73. The van der Waals surface area contributed by atoms with Crippen molar-refractivity contribution in [2.75, 3.05) is 12.4 Å². The van der Waals surface area contributed by atoms with E-state index in [4.69, 9.17) is 4.74 Å². The first-order valence-corrected chi connectivity index (χ1v) is 10.9. The molecule has 1 amide bonds. The minimum Gasteiger partial charge on any atom is -0.504 e. The monoisotopic (exact) mass is 447 g/mol. The molecule has 0 saturated carbocycles. The Morgan fingerprint density at radius 3 is 2.67 bits per heavy atom. The van der Waals surface area contributed by atoms with Crippen LogP contribution in [0.2, 0.25) is 0 Å². The molecule has 1 aliphatic carbocycles. The number of nitrogens with zero attached hydrogens (tertiary/aromatic N) is 1. The van der Waals surface area contributed by atoms with Crippen molar-refractivity contribution in [1.29, 1.82) is 0 Å². The number of aryl methyl sites for hydroxylation is 1. The summed E-state index contributed by atoms with van der Waals surface area (Å²) in [5.41, 5.74) is 4.06. The van der Waals surface area contributed by atoms with Crippen LogP contribution in [0.25, 0.3) is 0 Å². The second-order valence-electron chi connectivity index (χ2n) is 9.53. The summed E-state index contributed by atoms with van der Waals surface area (Å²) in [6.07, 6.45) is 2.74. The molecule has 0 fully saturated rings. The molecule has 0 radical (unpaired) electrons. The topological polar surface area (TPSA) is 101 Å². The van der Waals surface area contributed by atoms with Crippen molar-refractivity contribution < 1.29 is 19.4 Å². The molecule has 2 aromatic rings. The number of Topliss-reactive ketones (excluding diaryl/α,β-unsaturated/α-hetero) is 1. The molecule has 4 rings (SSSR count). The van der Waals surface area contributed by atoms with E-state index in [1.165, 1.54) is 13.2 Å². The Labute approximate surface area is 193 Å². The van der Waals surface area contributed by atoms with E-state index in [0.29, 0.717) is 41.1 Å². The number of dihydropyridines is 1. The molecule has 1 aliphatic heterocycles. The van der Waals surface area contributed by atoms with Gasteiger partial charge in [-0.1, -0.05) is 19.9 Å². The SMILES string of the molecule is COc1cc([C@@H]2C(C(=O)Nc3cc(C)ccn3)=C(C)NC3=C2C(=O)CC(C)(C)C3)ccc1O. The number of hydrogen-bond acceptors (Lipinski definition) is 6. The lowest BCUT2D eigenvalue weighted by Gasteiger charge is -2.39. The molecule has 172 valence electrons. The summed E-state index contributed by atoms with van der Waals surface area (Å²) >= 11 is 0. The van der Waals surface area contributed by atoms with Gasteiger partial charge < -0.3 is 20.5 Å². The molecule has 1 aromatic carbocycles. The van der Waals surface area contributed by atoms with E-state index in [1.54, 1.807) is 24.4 Å². The van der Waals surface area contributed by atoms with Crippen LogP contribution in [0.1, 0.15) is 50.7 Å². The maximum atomic E-state index is 13.5. The summed E-state index contributed by atoms with van der Waals surface area (Å²) in [6, 6.07) is 8.60. The first-order chi connectivity index (χ1) is 15.6. The number of rotatable bonds is 4. The van der Waals surface area contributed by atoms with Crippen molar-refractivity contribution in [1.82, 2.24) is 10.3 Å². The molecular formula is C26H29N3O4. The van der Waals surface area contributed by atoms with E-state index >= 15 is 0 Å². The highest BCUT2D eigenvalue weighted by Crippen LogP contribution is 2.47. The highest BCUT2D eigenvalue weighted by Gasteiger charge is 2.42. The number of aromatic hydroxyl groups is 1. The van der Waals surface area contributed by atoms with Crippen LogP contribution in [0.5, 0.6) is 11.5 Å². The molecule has 7 nitrogen and oxygen atoms in total. The maximum Gasteiger partial charge on any atom is 0.255 e. The van der Waals surface area contributed by atoms with Crippen molar-refractivity contribution >= 4 is 17.5 Å². The molecule has 2 aliphatic rings. The normalized spacial score (nSPS) is 19.7. The number of carbonyl (C=O) groups is 2. The first kappa shape index (κ1) is 22.6. The number of methoxy groups -OCH3 is 1. The van der Waals surface area contributed by atoms with Crippen molar-refractivity contribution in [3.63, 3.8) is 0 Å². The number of anilines is 1. The van der Waals surface area contributed by atoms with Gasteiger partial charge in [-0.3, -0.25) is 9.59 Å². The molecular weight excluding hydrogens is 418 g/mol. The summed E-state index contributed by atoms with van der Waals surface area (Å²) in [5, 5.41) is 16.4. The van der Waals surface area contributed by atoms with Gasteiger partial charge in [0.25, 0.3) is 5.91 Å². The summed E-state index contributed by atoms with van der Waals surface area (Å²) < 4.78 is 5.31. The number of phenolic OH excluding ortho intramolecular Hbond substituents is 1. The van der Waals surface area contributed by atoms with Gasteiger partial charge in [-0.15, -0.1) is 0 Å². The highest BCUT2D eigenvalue weighted by atomic mass is 16.5. The van der Waals surface area contributed by atoms with Crippen molar-refractivity contribution in [3.8, 4) is 11.5 Å². The fourth-order valence-electron chi connectivity index (χ4n) is 4.73. The zero-order valence-electron chi connectivity index (χ0n) is 19.6. The van der Waals surface area contributed by atoms with Gasteiger partial charge in [0, 0.05) is 41.1 Å². The third-order valence-electron chi connectivity index (χ3n) is 6.18. The van der Waals surface area contributed by atoms with E-state index in [-0.39, 0.29) is 28.6 Å². The average Bonchev–Trinajstić information content (AvgIpc) is 2.72. The number of nitrogens with one attached hydrogen (secondary N) is 2. The van der Waals surface area contributed by atoms with Crippen LogP contribution in [0.15, 0.2) is 59.1 Å². The van der Waals surface area contributed by atoms with Gasteiger partial charge in [0.05, 0.1) is 7.11 Å². The van der Waals surface area contributed by atoms with Crippen LogP contribution < -0.4 is 15.4 Å². The van der Waals surface area contributed by atoms with E-state index in [1.807, 2.05) is 19.9 Å². The van der Waals surface area contributed by atoms with Gasteiger partial charge in [-0.25, -0.2) is 4.98 Å². The quantitative estimate of drug-likeness (QED) is 0.644. The standard InChI is InChI=1S/C26H29N3O4/c1-14-8-9-27-21(10-14)29-25(32)22-15(2)28-17-12-26(3,4)13-19(31)24(17)23(22)16-6-7-18(30)20(11-16)33-5/h6-11,23,28,30H,12-13H2,1-5H3,(H,27,29,32)/t23-/m1/s1. The predicted octanol–water partition coefficient (Wildman–Crippen LogP) is 4.35. The van der Waals surface area contributed by atoms with Gasteiger partial charge in [-0.05, 0) is 61.1 Å². The maximum absolute atomic E-state index is 13.5. The number of ketones is 1. The third kappa shape index (κ3) is 4.35. The summed E-state index contributed by atoms with van der Waals surface area (Å²) in [4.78, 5) is 31.2. The summed E-state index contributed by atoms with van der Waals surface area (Å²) in [6.45, 7) is 7.91. The number of benzene rings is 1. The lowest BCUT2D eigenvalue weighted by Crippen LogP contribution is -2.39. The van der Waals surface area contributed by atoms with Crippen molar-refractivity contribution in [2.45, 2.75) is 46.5 Å². The first-order valence-electron chi connectivity index (χ1n) is 10.9. The molecule has 1 atom stereocenters. The van der Waals surface area contributed by atoms with E-state index in [0.717, 1.165) is 11.3 Å². The Balaban J connectivity index is 1.84. The zero-order valence-corrected chi connectivity index (χ0v) is 19.6. The zero-order chi connectivity index (χ0) is 23.9. The van der Waals surface area contributed by atoms with Crippen LogP contribution in [-0.2, 0) is 9.59 Å². The Morgan fingerprint density at radius 1 is 1.21 bits per heavy atom. The minimum absolute atomic E-state index is 0.00356. The van der Waals surface area contributed by atoms with Crippen LogP contribution >= 0.6 is 0 Å². The number of carbonyl (C=O) groups excluding carboxylic acids is 2. The predicted molar refractivity (Wildman–Crippen MR) is 126 cm³/mol. The fraction of sp³-hybridized carbons (Fsp3) is 0.346. The number of allylic oxidation sites excluding steroid dienone is 3. The van der Waals surface area contributed by atoms with Crippen LogP contribution in [0.4, 0.5) is 5.82 Å².